The number of aromatic hydroxyl groups is 1. The van der Waals surface area contributed by atoms with Gasteiger partial charge in [0.2, 0.25) is 5.89 Å². The molecule has 1 heterocycles. The number of para-hydroxylation sites is 1. The molecule has 2 aromatic rings. The van der Waals surface area contributed by atoms with Gasteiger partial charge < -0.3 is 14.6 Å². The van der Waals surface area contributed by atoms with Gasteiger partial charge in [0.15, 0.2) is 0 Å². The predicted octanol–water partition coefficient (Wildman–Crippen LogP) is 2.84. The van der Waals surface area contributed by atoms with Crippen molar-refractivity contribution in [1.82, 2.24) is 4.98 Å². The number of rotatable bonds is 6. The van der Waals surface area contributed by atoms with Gasteiger partial charge in [0, 0.05) is 12.8 Å². The third-order valence-electron chi connectivity index (χ3n) is 2.75. The molecule has 0 aliphatic carbocycles. The van der Waals surface area contributed by atoms with Crippen LogP contribution < -0.4 is 0 Å². The van der Waals surface area contributed by atoms with Gasteiger partial charge >= 0.3 is 5.97 Å². The lowest BCUT2D eigenvalue weighted by Gasteiger charge is -1.99. The lowest BCUT2D eigenvalue weighted by molar-refractivity contribution is -0.137. The topological polar surface area (TPSA) is 83.6 Å². The van der Waals surface area contributed by atoms with E-state index in [-0.39, 0.29) is 12.2 Å². The summed E-state index contributed by atoms with van der Waals surface area (Å²) in [6, 6.07) is 6.84. The van der Waals surface area contributed by atoms with E-state index in [9.17, 15) is 9.90 Å². The largest absolute Gasteiger partial charge is 0.507 e. The number of carboxylic acids is 1. The summed E-state index contributed by atoms with van der Waals surface area (Å²) in [5.41, 5.74) is 0.555. The fourth-order valence-corrected chi connectivity index (χ4v) is 1.78. The number of hydrogen-bond donors (Lipinski definition) is 2. The van der Waals surface area contributed by atoms with Crippen molar-refractivity contribution < 1.29 is 19.4 Å². The zero-order valence-electron chi connectivity index (χ0n) is 10.4. The standard InChI is InChI=1S/C14H15NO4/c16-12-7-3-2-6-11(12)14-15-9-10(19-14)5-1-4-8-13(17)18/h2-3,6-7,9,16H,1,4-5,8H2,(H,17,18). The van der Waals surface area contributed by atoms with Crippen LogP contribution >= 0.6 is 0 Å². The second-order valence-corrected chi connectivity index (χ2v) is 4.25. The molecule has 0 bridgehead atoms. The predicted molar refractivity (Wildman–Crippen MR) is 68.8 cm³/mol. The molecule has 0 spiro atoms. The maximum Gasteiger partial charge on any atom is 0.303 e. The van der Waals surface area contributed by atoms with Crippen LogP contribution in [0.25, 0.3) is 11.5 Å². The third kappa shape index (κ3) is 3.58. The number of aliphatic carboxylic acids is 1. The molecule has 0 aliphatic rings. The van der Waals surface area contributed by atoms with Gasteiger partial charge in [-0.1, -0.05) is 12.1 Å². The molecule has 0 saturated heterocycles. The van der Waals surface area contributed by atoms with Gasteiger partial charge in [0.1, 0.15) is 11.5 Å². The fourth-order valence-electron chi connectivity index (χ4n) is 1.78. The van der Waals surface area contributed by atoms with Crippen molar-refractivity contribution in [3.63, 3.8) is 0 Å². The Morgan fingerprint density at radius 2 is 2.05 bits per heavy atom. The maximum absolute atomic E-state index is 10.4. The molecule has 2 N–H and O–H groups in total. The van der Waals surface area contributed by atoms with Crippen LogP contribution in [0.4, 0.5) is 0 Å². The van der Waals surface area contributed by atoms with Gasteiger partial charge in [-0.3, -0.25) is 4.79 Å². The van der Waals surface area contributed by atoms with Crippen molar-refractivity contribution in [1.29, 1.82) is 0 Å². The molecule has 0 aliphatic heterocycles. The number of carboxylic acid groups (broad SMARTS) is 1. The second-order valence-electron chi connectivity index (χ2n) is 4.25. The summed E-state index contributed by atoms with van der Waals surface area (Å²) in [5.74, 6) is 0.421. The van der Waals surface area contributed by atoms with Crippen molar-refractivity contribution >= 4 is 5.97 Å². The van der Waals surface area contributed by atoms with Crippen LogP contribution in [-0.2, 0) is 11.2 Å². The molecular weight excluding hydrogens is 246 g/mol. The Balaban J connectivity index is 1.96. The van der Waals surface area contributed by atoms with Crippen molar-refractivity contribution in [2.24, 2.45) is 0 Å². The molecule has 2 rings (SSSR count). The van der Waals surface area contributed by atoms with Crippen molar-refractivity contribution in [3.05, 3.63) is 36.2 Å². The van der Waals surface area contributed by atoms with Crippen LogP contribution in [0, 0.1) is 0 Å². The average molecular weight is 261 g/mol. The van der Waals surface area contributed by atoms with E-state index in [1.165, 1.54) is 0 Å². The highest BCUT2D eigenvalue weighted by Crippen LogP contribution is 2.28. The number of phenolic OH excluding ortho intramolecular Hbond substituents is 1. The highest BCUT2D eigenvalue weighted by molar-refractivity contribution is 5.66. The molecule has 0 radical (unpaired) electrons. The van der Waals surface area contributed by atoms with E-state index < -0.39 is 5.97 Å². The average Bonchev–Trinajstić information content (AvgIpc) is 2.83. The van der Waals surface area contributed by atoms with Crippen molar-refractivity contribution in [3.8, 4) is 17.2 Å². The highest BCUT2D eigenvalue weighted by Gasteiger charge is 2.10. The smallest absolute Gasteiger partial charge is 0.303 e. The Kier molecular flexibility index (Phi) is 4.18. The summed E-state index contributed by atoms with van der Waals surface area (Å²) in [4.78, 5) is 14.5. The lowest BCUT2D eigenvalue weighted by atomic mass is 10.2. The molecule has 5 nitrogen and oxygen atoms in total. The van der Waals surface area contributed by atoms with Gasteiger partial charge in [0.05, 0.1) is 11.8 Å². The van der Waals surface area contributed by atoms with E-state index in [2.05, 4.69) is 4.98 Å². The molecule has 0 saturated carbocycles. The third-order valence-corrected chi connectivity index (χ3v) is 2.75. The summed E-state index contributed by atoms with van der Waals surface area (Å²) in [6.45, 7) is 0. The minimum absolute atomic E-state index is 0.127. The van der Waals surface area contributed by atoms with Gasteiger partial charge in [-0.2, -0.15) is 0 Å². The molecule has 1 aromatic heterocycles. The number of aryl methyl sites for hydroxylation is 1. The molecule has 19 heavy (non-hydrogen) atoms. The van der Waals surface area contributed by atoms with Crippen LogP contribution in [0.5, 0.6) is 5.75 Å². The molecule has 1 aromatic carbocycles. The first-order valence-electron chi connectivity index (χ1n) is 6.11. The number of carbonyl (C=O) groups is 1. The summed E-state index contributed by atoms with van der Waals surface area (Å²) >= 11 is 0. The number of unbranched alkanes of at least 4 members (excludes halogenated alkanes) is 1. The summed E-state index contributed by atoms with van der Waals surface area (Å²) in [7, 11) is 0. The van der Waals surface area contributed by atoms with E-state index in [0.717, 1.165) is 6.42 Å². The second kappa shape index (κ2) is 6.04. The van der Waals surface area contributed by atoms with Crippen LogP contribution in [0.1, 0.15) is 25.0 Å². The SMILES string of the molecule is O=C(O)CCCCc1cnc(-c2ccccc2O)o1. The van der Waals surface area contributed by atoms with Crippen molar-refractivity contribution in [2.75, 3.05) is 0 Å². The minimum atomic E-state index is -0.785. The fraction of sp³-hybridized carbons (Fsp3) is 0.286. The number of nitrogens with zero attached hydrogens (tertiary/aromatic N) is 1. The molecule has 0 unspecified atom stereocenters. The van der Waals surface area contributed by atoms with Gasteiger partial charge in [-0.15, -0.1) is 0 Å². The Hall–Kier alpha value is -2.30. The van der Waals surface area contributed by atoms with E-state index in [1.54, 1.807) is 30.5 Å². The number of aromatic nitrogens is 1. The molecule has 0 atom stereocenters. The van der Waals surface area contributed by atoms with E-state index >= 15 is 0 Å². The van der Waals surface area contributed by atoms with Gasteiger partial charge in [0.25, 0.3) is 0 Å². The first-order chi connectivity index (χ1) is 9.16. The summed E-state index contributed by atoms with van der Waals surface area (Å²) < 4.78 is 5.54. The maximum atomic E-state index is 10.4. The normalized spacial score (nSPS) is 10.5. The molecule has 0 amide bonds. The Morgan fingerprint density at radius 3 is 2.79 bits per heavy atom. The first kappa shape index (κ1) is 13.1. The molecule has 0 fully saturated rings. The zero-order chi connectivity index (χ0) is 13.7. The molecule has 5 heteroatoms. The highest BCUT2D eigenvalue weighted by atomic mass is 16.4. The van der Waals surface area contributed by atoms with Gasteiger partial charge in [-0.05, 0) is 25.0 Å². The van der Waals surface area contributed by atoms with Crippen LogP contribution in [-0.4, -0.2) is 21.2 Å². The van der Waals surface area contributed by atoms with Crippen LogP contribution in [0.15, 0.2) is 34.9 Å². The minimum Gasteiger partial charge on any atom is -0.507 e. The summed E-state index contributed by atoms with van der Waals surface area (Å²) in [6.07, 6.45) is 3.78. The van der Waals surface area contributed by atoms with Gasteiger partial charge in [-0.25, -0.2) is 4.98 Å². The van der Waals surface area contributed by atoms with E-state index in [4.69, 9.17) is 9.52 Å². The Bertz CT molecular complexity index is 562. The number of benzene rings is 1. The number of hydrogen-bond acceptors (Lipinski definition) is 4. The van der Waals surface area contributed by atoms with Crippen molar-refractivity contribution in [2.45, 2.75) is 25.7 Å². The quantitative estimate of drug-likeness (QED) is 0.781. The Morgan fingerprint density at radius 1 is 1.26 bits per heavy atom. The van der Waals surface area contributed by atoms with E-state index in [1.807, 2.05) is 0 Å². The zero-order valence-corrected chi connectivity index (χ0v) is 10.4. The van der Waals surface area contributed by atoms with Crippen LogP contribution in [0.2, 0.25) is 0 Å². The lowest BCUT2D eigenvalue weighted by Crippen LogP contribution is -1.94. The van der Waals surface area contributed by atoms with Crippen LogP contribution in [0.3, 0.4) is 0 Å². The molecule has 100 valence electrons. The van der Waals surface area contributed by atoms with E-state index in [0.29, 0.717) is 30.1 Å². The Labute approximate surface area is 110 Å². The number of oxazole rings is 1. The summed E-state index contributed by atoms with van der Waals surface area (Å²) in [5, 5.41) is 18.2. The monoisotopic (exact) mass is 261 g/mol. The first-order valence-corrected chi connectivity index (χ1v) is 6.11. The molecular formula is C14H15NO4. The number of phenols is 1.